The minimum atomic E-state index is -0.365. The second-order valence-electron chi connectivity index (χ2n) is 5.70. The fourth-order valence-corrected chi connectivity index (χ4v) is 2.53. The Bertz CT molecular complexity index is 584. The zero-order chi connectivity index (χ0) is 16.3. The maximum atomic E-state index is 12.6. The minimum Gasteiger partial charge on any atom is -0.464 e. The van der Waals surface area contributed by atoms with Crippen LogP contribution in [0.1, 0.15) is 37.8 Å². The van der Waals surface area contributed by atoms with Gasteiger partial charge >= 0.3 is 5.97 Å². The first-order valence-electron chi connectivity index (χ1n) is 7.82. The van der Waals surface area contributed by atoms with Crippen molar-refractivity contribution in [3.05, 3.63) is 23.3 Å². The van der Waals surface area contributed by atoms with E-state index < -0.39 is 0 Å². The molecule has 1 aromatic carbocycles. The van der Waals surface area contributed by atoms with Gasteiger partial charge in [0.25, 0.3) is 0 Å². The molecular formula is C17H24N2O3. The summed E-state index contributed by atoms with van der Waals surface area (Å²) in [5.41, 5.74) is 3.91. The van der Waals surface area contributed by atoms with Gasteiger partial charge in [0, 0.05) is 0 Å². The number of benzene rings is 1. The number of fused-ring (bicyclic) bond motifs is 1. The molecule has 0 fully saturated rings. The summed E-state index contributed by atoms with van der Waals surface area (Å²) < 4.78 is 5.13. The average Bonchev–Trinajstić information content (AvgIpc) is 2.49. The molecule has 0 saturated carbocycles. The number of nitrogens with zero attached hydrogens (tertiary/aromatic N) is 1. The normalized spacial score (nSPS) is 17.0. The number of nitrogens with one attached hydrogen (secondary N) is 1. The molecule has 1 atom stereocenters. The van der Waals surface area contributed by atoms with Crippen LogP contribution in [0.5, 0.6) is 0 Å². The highest BCUT2D eigenvalue weighted by molar-refractivity contribution is 6.07. The van der Waals surface area contributed by atoms with E-state index in [0.717, 1.165) is 28.9 Å². The van der Waals surface area contributed by atoms with E-state index in [0.29, 0.717) is 13.0 Å². The number of aryl methyl sites for hydroxylation is 2. The van der Waals surface area contributed by atoms with Crippen LogP contribution in [0.25, 0.3) is 0 Å². The molecule has 5 heteroatoms. The van der Waals surface area contributed by atoms with Crippen LogP contribution in [0.15, 0.2) is 12.1 Å². The van der Waals surface area contributed by atoms with Gasteiger partial charge in [-0.2, -0.15) is 0 Å². The van der Waals surface area contributed by atoms with E-state index in [-0.39, 0.29) is 24.5 Å². The fraction of sp³-hybridized carbons (Fsp3) is 0.529. The van der Waals surface area contributed by atoms with Crippen LogP contribution in [0, 0.1) is 13.8 Å². The van der Waals surface area contributed by atoms with Crippen molar-refractivity contribution >= 4 is 23.3 Å². The van der Waals surface area contributed by atoms with Crippen molar-refractivity contribution in [2.75, 3.05) is 23.4 Å². The molecule has 1 aliphatic rings. The Kier molecular flexibility index (Phi) is 5.06. The van der Waals surface area contributed by atoms with E-state index in [1.54, 1.807) is 4.90 Å². The lowest BCUT2D eigenvalue weighted by atomic mass is 10.0. The van der Waals surface area contributed by atoms with Gasteiger partial charge in [0.1, 0.15) is 12.6 Å². The van der Waals surface area contributed by atoms with Crippen LogP contribution in [-0.4, -0.2) is 31.1 Å². The molecule has 1 amide bonds. The maximum absolute atomic E-state index is 12.6. The molecule has 1 unspecified atom stereocenters. The molecule has 1 aliphatic heterocycles. The van der Waals surface area contributed by atoms with Crippen molar-refractivity contribution in [2.45, 2.75) is 46.6 Å². The molecule has 0 radical (unpaired) electrons. The largest absolute Gasteiger partial charge is 0.464 e. The topological polar surface area (TPSA) is 58.6 Å². The summed E-state index contributed by atoms with van der Waals surface area (Å²) in [4.78, 5) is 26.1. The summed E-state index contributed by atoms with van der Waals surface area (Å²) in [7, 11) is 0. The van der Waals surface area contributed by atoms with Gasteiger partial charge in [-0.1, -0.05) is 13.8 Å². The molecule has 22 heavy (non-hydrogen) atoms. The first-order valence-corrected chi connectivity index (χ1v) is 7.82. The molecule has 2 rings (SSSR count). The van der Waals surface area contributed by atoms with Crippen LogP contribution in [-0.2, 0) is 14.3 Å². The number of amides is 1. The SMILES string of the molecule is CCCOC(=O)CN1C(=O)C(CC)Nc2cc(C)c(C)cc21. The highest BCUT2D eigenvalue weighted by atomic mass is 16.5. The molecule has 1 aromatic rings. The quantitative estimate of drug-likeness (QED) is 0.850. The third-order valence-electron chi connectivity index (χ3n) is 3.96. The molecule has 5 nitrogen and oxygen atoms in total. The van der Waals surface area contributed by atoms with Gasteiger partial charge in [-0.25, -0.2) is 0 Å². The van der Waals surface area contributed by atoms with E-state index in [2.05, 4.69) is 5.32 Å². The molecular weight excluding hydrogens is 280 g/mol. The van der Waals surface area contributed by atoms with Crippen molar-refractivity contribution in [3.8, 4) is 0 Å². The van der Waals surface area contributed by atoms with Crippen LogP contribution < -0.4 is 10.2 Å². The minimum absolute atomic E-state index is 0.0352. The predicted molar refractivity (Wildman–Crippen MR) is 87.2 cm³/mol. The van der Waals surface area contributed by atoms with E-state index in [4.69, 9.17) is 4.74 Å². The van der Waals surface area contributed by atoms with E-state index in [9.17, 15) is 9.59 Å². The maximum Gasteiger partial charge on any atom is 0.326 e. The third-order valence-corrected chi connectivity index (χ3v) is 3.96. The molecule has 0 aliphatic carbocycles. The summed E-state index contributed by atoms with van der Waals surface area (Å²) >= 11 is 0. The second-order valence-corrected chi connectivity index (χ2v) is 5.70. The Morgan fingerprint density at radius 3 is 2.59 bits per heavy atom. The third kappa shape index (κ3) is 3.24. The first-order chi connectivity index (χ1) is 10.5. The lowest BCUT2D eigenvalue weighted by Gasteiger charge is -2.35. The molecule has 120 valence electrons. The number of hydrogen-bond acceptors (Lipinski definition) is 4. The highest BCUT2D eigenvalue weighted by Gasteiger charge is 2.33. The standard InChI is InChI=1S/C17H24N2O3/c1-5-7-22-16(20)10-19-15-9-12(4)11(3)8-14(15)18-13(6-2)17(19)21/h8-9,13,18H,5-7,10H2,1-4H3. The van der Waals surface area contributed by atoms with Gasteiger partial charge in [-0.15, -0.1) is 0 Å². The lowest BCUT2D eigenvalue weighted by Crippen LogP contribution is -2.49. The summed E-state index contributed by atoms with van der Waals surface area (Å²) in [5.74, 6) is -0.442. The predicted octanol–water partition coefficient (Wildman–Crippen LogP) is 2.79. The van der Waals surface area contributed by atoms with Crippen LogP contribution in [0.3, 0.4) is 0 Å². The summed E-state index contributed by atoms with van der Waals surface area (Å²) in [6.45, 7) is 8.28. The molecule has 0 spiro atoms. The molecule has 0 aromatic heterocycles. The van der Waals surface area contributed by atoms with Gasteiger partial charge in [0.05, 0.1) is 18.0 Å². The van der Waals surface area contributed by atoms with Crippen molar-refractivity contribution in [1.82, 2.24) is 0 Å². The molecule has 0 saturated heterocycles. The summed E-state index contributed by atoms with van der Waals surface area (Å²) in [6.07, 6.45) is 1.44. The second kappa shape index (κ2) is 6.81. The van der Waals surface area contributed by atoms with Crippen molar-refractivity contribution in [3.63, 3.8) is 0 Å². The van der Waals surface area contributed by atoms with Crippen LogP contribution >= 0.6 is 0 Å². The van der Waals surface area contributed by atoms with Crippen molar-refractivity contribution < 1.29 is 14.3 Å². The molecule has 1 heterocycles. The van der Waals surface area contributed by atoms with Crippen molar-refractivity contribution in [2.24, 2.45) is 0 Å². The van der Waals surface area contributed by atoms with Gasteiger partial charge in [-0.05, 0) is 49.9 Å². The monoisotopic (exact) mass is 304 g/mol. The summed E-state index contributed by atoms with van der Waals surface area (Å²) in [6, 6.07) is 3.69. The van der Waals surface area contributed by atoms with Gasteiger partial charge in [0.15, 0.2) is 0 Å². The fourth-order valence-electron chi connectivity index (χ4n) is 2.53. The number of carbonyl (C=O) groups excluding carboxylic acids is 2. The zero-order valence-corrected chi connectivity index (χ0v) is 13.7. The highest BCUT2D eigenvalue weighted by Crippen LogP contribution is 2.34. The van der Waals surface area contributed by atoms with Crippen LogP contribution in [0.4, 0.5) is 11.4 Å². The summed E-state index contributed by atoms with van der Waals surface area (Å²) in [5, 5.41) is 3.27. The Labute approximate surface area is 131 Å². The Hall–Kier alpha value is -2.04. The number of ether oxygens (including phenoxy) is 1. The van der Waals surface area contributed by atoms with E-state index >= 15 is 0 Å². The number of esters is 1. The Morgan fingerprint density at radius 2 is 1.95 bits per heavy atom. The lowest BCUT2D eigenvalue weighted by molar-refractivity contribution is -0.143. The number of carbonyl (C=O) groups is 2. The zero-order valence-electron chi connectivity index (χ0n) is 13.7. The Morgan fingerprint density at radius 1 is 1.27 bits per heavy atom. The first kappa shape index (κ1) is 16.3. The Balaban J connectivity index is 2.32. The van der Waals surface area contributed by atoms with E-state index in [1.165, 1.54) is 0 Å². The van der Waals surface area contributed by atoms with Crippen LogP contribution in [0.2, 0.25) is 0 Å². The average molecular weight is 304 g/mol. The number of anilines is 2. The number of hydrogen-bond donors (Lipinski definition) is 1. The van der Waals surface area contributed by atoms with Gasteiger partial charge < -0.3 is 10.1 Å². The van der Waals surface area contributed by atoms with Gasteiger partial charge in [-0.3, -0.25) is 14.5 Å². The molecule has 1 N–H and O–H groups in total. The molecule has 0 bridgehead atoms. The number of rotatable bonds is 5. The smallest absolute Gasteiger partial charge is 0.326 e. The van der Waals surface area contributed by atoms with E-state index in [1.807, 2.05) is 39.8 Å². The van der Waals surface area contributed by atoms with Gasteiger partial charge in [0.2, 0.25) is 5.91 Å². The van der Waals surface area contributed by atoms with Crippen molar-refractivity contribution in [1.29, 1.82) is 0 Å².